The Morgan fingerprint density at radius 2 is 1.84 bits per heavy atom. The van der Waals surface area contributed by atoms with Gasteiger partial charge in [-0.2, -0.15) is 0 Å². The number of thiophene rings is 1. The van der Waals surface area contributed by atoms with Crippen molar-refractivity contribution in [1.82, 2.24) is 0 Å². The van der Waals surface area contributed by atoms with Crippen LogP contribution in [0.5, 0.6) is 5.75 Å². The molecule has 1 unspecified atom stereocenters. The zero-order valence-electron chi connectivity index (χ0n) is 17.8. The summed E-state index contributed by atoms with van der Waals surface area (Å²) in [4.78, 5) is 28.6. The molecule has 1 aliphatic rings. The Labute approximate surface area is 195 Å². The highest BCUT2D eigenvalue weighted by atomic mass is 35.5. The zero-order valence-corrected chi connectivity index (χ0v) is 19.4. The molecule has 7 heteroatoms. The molecule has 4 rings (SSSR count). The topological polar surface area (TPSA) is 66.8 Å². The van der Waals surface area contributed by atoms with Gasteiger partial charge < -0.3 is 9.84 Å². The van der Waals surface area contributed by atoms with Crippen molar-refractivity contribution in [2.45, 2.75) is 25.8 Å². The number of anilines is 1. The first-order valence-corrected chi connectivity index (χ1v) is 11.4. The summed E-state index contributed by atoms with van der Waals surface area (Å²) in [6.45, 7) is 4.18. The maximum Gasteiger partial charge on any atom is 0.300 e. The van der Waals surface area contributed by atoms with Crippen LogP contribution in [0.2, 0.25) is 5.02 Å². The van der Waals surface area contributed by atoms with Gasteiger partial charge in [0.15, 0.2) is 0 Å². The molecule has 0 radical (unpaired) electrons. The van der Waals surface area contributed by atoms with E-state index in [1.807, 2.05) is 41.8 Å². The number of ketones is 1. The average molecular weight is 468 g/mol. The minimum atomic E-state index is -0.761. The van der Waals surface area contributed by atoms with Crippen molar-refractivity contribution in [1.29, 1.82) is 0 Å². The molecule has 2 heterocycles. The quantitative estimate of drug-likeness (QED) is 0.277. The SMILES string of the molecule is COc1ccc(Cl)cc1/C(O)=C1/C(=O)C(=O)N(c2ccc(C(C)C)cc2)C1c1cccs1. The lowest BCUT2D eigenvalue weighted by atomic mass is 9.99. The van der Waals surface area contributed by atoms with Crippen LogP contribution in [0.15, 0.2) is 65.6 Å². The van der Waals surface area contributed by atoms with Crippen LogP contribution in [0, 0.1) is 0 Å². The van der Waals surface area contributed by atoms with E-state index in [1.165, 1.54) is 29.4 Å². The highest BCUT2D eigenvalue weighted by Crippen LogP contribution is 2.44. The molecule has 32 heavy (non-hydrogen) atoms. The second kappa shape index (κ2) is 8.81. The van der Waals surface area contributed by atoms with Crippen LogP contribution in [0.4, 0.5) is 5.69 Å². The van der Waals surface area contributed by atoms with E-state index in [0.29, 0.717) is 22.4 Å². The van der Waals surface area contributed by atoms with E-state index in [-0.39, 0.29) is 16.9 Å². The number of aliphatic hydroxyl groups is 1. The van der Waals surface area contributed by atoms with Crippen LogP contribution < -0.4 is 9.64 Å². The smallest absolute Gasteiger partial charge is 0.300 e. The summed E-state index contributed by atoms with van der Waals surface area (Å²) < 4.78 is 5.36. The number of methoxy groups -OCH3 is 1. The lowest BCUT2D eigenvalue weighted by Gasteiger charge is -2.24. The van der Waals surface area contributed by atoms with Crippen molar-refractivity contribution < 1.29 is 19.4 Å². The van der Waals surface area contributed by atoms with E-state index in [9.17, 15) is 14.7 Å². The first kappa shape index (κ1) is 22.1. The van der Waals surface area contributed by atoms with Gasteiger partial charge in [-0.1, -0.05) is 43.6 Å². The molecule has 0 saturated carbocycles. The third kappa shape index (κ3) is 3.80. The number of carbonyl (C=O) groups excluding carboxylic acids is 2. The van der Waals surface area contributed by atoms with Gasteiger partial charge >= 0.3 is 0 Å². The van der Waals surface area contributed by atoms with Crippen LogP contribution >= 0.6 is 22.9 Å². The molecule has 2 aromatic carbocycles. The van der Waals surface area contributed by atoms with Crippen molar-refractivity contribution in [2.24, 2.45) is 0 Å². The molecule has 164 valence electrons. The molecule has 0 spiro atoms. The second-order valence-electron chi connectivity index (χ2n) is 7.78. The lowest BCUT2D eigenvalue weighted by molar-refractivity contribution is -0.132. The fourth-order valence-electron chi connectivity index (χ4n) is 3.85. The number of amides is 1. The number of nitrogens with zero attached hydrogens (tertiary/aromatic N) is 1. The van der Waals surface area contributed by atoms with E-state index in [2.05, 4.69) is 13.8 Å². The van der Waals surface area contributed by atoms with Crippen molar-refractivity contribution >= 4 is 46.1 Å². The number of hydrogen-bond donors (Lipinski definition) is 1. The first-order chi connectivity index (χ1) is 15.3. The predicted octanol–water partition coefficient (Wildman–Crippen LogP) is 6.16. The summed E-state index contributed by atoms with van der Waals surface area (Å²) in [6, 6.07) is 15.3. The Hall–Kier alpha value is -3.09. The normalized spacial score (nSPS) is 17.9. The molecule has 1 saturated heterocycles. The number of rotatable bonds is 5. The van der Waals surface area contributed by atoms with E-state index in [1.54, 1.807) is 12.1 Å². The molecule has 1 N–H and O–H groups in total. The average Bonchev–Trinajstić information content (AvgIpc) is 3.40. The summed E-state index contributed by atoms with van der Waals surface area (Å²) >= 11 is 7.55. The molecule has 1 atom stereocenters. The number of aliphatic hydroxyl groups excluding tert-OH is 1. The number of Topliss-reactive ketones (excluding diaryl/α,β-unsaturated/α-hetero) is 1. The van der Waals surface area contributed by atoms with Crippen LogP contribution in [0.25, 0.3) is 5.76 Å². The minimum Gasteiger partial charge on any atom is -0.507 e. The Morgan fingerprint density at radius 3 is 2.44 bits per heavy atom. The maximum atomic E-state index is 13.2. The fourth-order valence-corrected chi connectivity index (χ4v) is 4.84. The van der Waals surface area contributed by atoms with Crippen molar-refractivity contribution in [3.63, 3.8) is 0 Å². The molecule has 1 fully saturated rings. The van der Waals surface area contributed by atoms with Gasteiger partial charge in [-0.05, 0) is 53.3 Å². The lowest BCUT2D eigenvalue weighted by Crippen LogP contribution is -2.29. The minimum absolute atomic E-state index is 0.00551. The van der Waals surface area contributed by atoms with Gasteiger partial charge in [-0.25, -0.2) is 0 Å². The van der Waals surface area contributed by atoms with Crippen LogP contribution in [0.1, 0.15) is 41.8 Å². The van der Waals surface area contributed by atoms with Crippen LogP contribution in [-0.2, 0) is 9.59 Å². The number of benzene rings is 2. The van der Waals surface area contributed by atoms with Crippen molar-refractivity contribution in [2.75, 3.05) is 12.0 Å². The number of halogens is 1. The summed E-state index contributed by atoms with van der Waals surface area (Å²) in [5.74, 6) is -1.08. The summed E-state index contributed by atoms with van der Waals surface area (Å²) in [6.07, 6.45) is 0. The predicted molar refractivity (Wildman–Crippen MR) is 128 cm³/mol. The molecular formula is C25H22ClNO4S. The van der Waals surface area contributed by atoms with Crippen molar-refractivity contribution in [3.05, 3.63) is 86.6 Å². The van der Waals surface area contributed by atoms with Gasteiger partial charge in [0.25, 0.3) is 11.7 Å². The summed E-state index contributed by atoms with van der Waals surface area (Å²) in [7, 11) is 1.46. The second-order valence-corrected chi connectivity index (χ2v) is 9.19. The van der Waals surface area contributed by atoms with Gasteiger partial charge in [0.1, 0.15) is 17.6 Å². The van der Waals surface area contributed by atoms with Gasteiger partial charge in [-0.3, -0.25) is 14.5 Å². The number of ether oxygens (including phenoxy) is 1. The third-order valence-electron chi connectivity index (χ3n) is 5.51. The standard InChI is InChI=1S/C25H22ClNO4S/c1-14(2)15-6-9-17(10-7-15)27-22(20-5-4-12-32-20)21(24(29)25(27)30)23(28)18-13-16(26)8-11-19(18)31-3/h4-14,22,28H,1-3H3/b23-21-. The Balaban J connectivity index is 1.91. The molecule has 0 bridgehead atoms. The van der Waals surface area contributed by atoms with E-state index in [4.69, 9.17) is 16.3 Å². The Morgan fingerprint density at radius 1 is 1.12 bits per heavy atom. The molecular weight excluding hydrogens is 446 g/mol. The van der Waals surface area contributed by atoms with Crippen LogP contribution in [0.3, 0.4) is 0 Å². The first-order valence-electron chi connectivity index (χ1n) is 10.1. The zero-order chi connectivity index (χ0) is 23.0. The maximum absolute atomic E-state index is 13.2. The number of hydrogen-bond acceptors (Lipinski definition) is 5. The molecule has 1 amide bonds. The molecule has 1 aliphatic heterocycles. The largest absolute Gasteiger partial charge is 0.507 e. The van der Waals surface area contributed by atoms with E-state index in [0.717, 1.165) is 10.4 Å². The fraction of sp³-hybridized carbons (Fsp3) is 0.200. The monoisotopic (exact) mass is 467 g/mol. The summed E-state index contributed by atoms with van der Waals surface area (Å²) in [5.41, 5.74) is 1.98. The third-order valence-corrected chi connectivity index (χ3v) is 6.67. The molecule has 1 aromatic heterocycles. The van der Waals surface area contributed by atoms with Gasteiger partial charge in [0.2, 0.25) is 0 Å². The molecule has 5 nitrogen and oxygen atoms in total. The van der Waals surface area contributed by atoms with Crippen molar-refractivity contribution in [3.8, 4) is 5.75 Å². The highest BCUT2D eigenvalue weighted by molar-refractivity contribution is 7.10. The van der Waals surface area contributed by atoms with Gasteiger partial charge in [-0.15, -0.1) is 11.3 Å². The van der Waals surface area contributed by atoms with Gasteiger partial charge in [0.05, 0.1) is 18.2 Å². The Kier molecular flexibility index (Phi) is 6.09. The number of carbonyl (C=O) groups is 2. The molecule has 0 aliphatic carbocycles. The Bertz CT molecular complexity index is 1200. The van der Waals surface area contributed by atoms with Crippen LogP contribution in [-0.4, -0.2) is 23.9 Å². The van der Waals surface area contributed by atoms with E-state index < -0.39 is 17.7 Å². The van der Waals surface area contributed by atoms with E-state index >= 15 is 0 Å². The van der Waals surface area contributed by atoms with Gasteiger partial charge in [0, 0.05) is 15.6 Å². The molecule has 3 aromatic rings. The highest BCUT2D eigenvalue weighted by Gasteiger charge is 2.47. The summed E-state index contributed by atoms with van der Waals surface area (Å²) in [5, 5.41) is 13.5.